The van der Waals surface area contributed by atoms with Crippen LogP contribution in [0.25, 0.3) is 0 Å². The van der Waals surface area contributed by atoms with Crippen molar-refractivity contribution in [2.24, 2.45) is 29.4 Å². The average Bonchev–Trinajstić information content (AvgIpc) is 3.44. The van der Waals surface area contributed by atoms with Crippen molar-refractivity contribution in [3.63, 3.8) is 0 Å². The molecule has 4 N–H and O–H groups in total. The van der Waals surface area contributed by atoms with E-state index in [0.717, 1.165) is 5.01 Å². The maximum Gasteiger partial charge on any atom is 0.328 e. The van der Waals surface area contributed by atoms with Gasteiger partial charge >= 0.3 is 6.03 Å². The van der Waals surface area contributed by atoms with Crippen molar-refractivity contribution in [1.29, 1.82) is 0 Å². The number of likely N-dealkylation sites (tertiary alicyclic amines) is 1. The number of carbonyl (C=O) groups is 5. The maximum absolute atomic E-state index is 15.1. The van der Waals surface area contributed by atoms with Gasteiger partial charge in [0.2, 0.25) is 11.8 Å². The van der Waals surface area contributed by atoms with Gasteiger partial charge in [-0.2, -0.15) is 9.91 Å². The molecule has 3 aromatic carbocycles. The molecule has 4 aliphatic rings. The molecule has 7 rings (SSSR count). The number of hydrogen-bond donors (Lipinski definition) is 3. The second kappa shape index (κ2) is 11.3. The van der Waals surface area contributed by atoms with Crippen LogP contribution in [0.3, 0.4) is 0 Å². The number of imide groups is 4. The predicted molar refractivity (Wildman–Crippen MR) is 170 cm³/mol. The Bertz CT molecular complexity index is 1950. The van der Waals surface area contributed by atoms with E-state index in [4.69, 9.17) is 33.7 Å². The summed E-state index contributed by atoms with van der Waals surface area (Å²) in [7, 11) is 1.33. The van der Waals surface area contributed by atoms with Crippen LogP contribution in [0.2, 0.25) is 10.0 Å². The topological polar surface area (TPSA) is 159 Å². The number of hydrazine groups is 1. The highest BCUT2D eigenvalue weighted by atomic mass is 35.5. The Balaban J connectivity index is 1.49. The van der Waals surface area contributed by atoms with E-state index in [1.54, 1.807) is 30.3 Å². The van der Waals surface area contributed by atoms with Gasteiger partial charge in [0.15, 0.2) is 11.5 Å². The molecule has 2 aliphatic carbocycles. The molecule has 2 aliphatic heterocycles. The summed E-state index contributed by atoms with van der Waals surface area (Å²) in [5, 5.41) is 11.8. The van der Waals surface area contributed by atoms with Gasteiger partial charge in [-0.3, -0.25) is 24.6 Å². The molecule has 2 heterocycles. The minimum absolute atomic E-state index is 0.00167. The highest BCUT2D eigenvalue weighted by Crippen LogP contribution is 2.64. The lowest BCUT2D eigenvalue weighted by atomic mass is 9.49. The summed E-state index contributed by atoms with van der Waals surface area (Å²) in [5.41, 5.74) is 8.27. The largest absolute Gasteiger partial charge is 0.503 e. The van der Waals surface area contributed by atoms with Crippen molar-refractivity contribution in [2.45, 2.75) is 24.2 Å². The number of aromatic hydroxyl groups is 1. The third-order valence-corrected chi connectivity index (χ3v) is 10.6. The minimum Gasteiger partial charge on any atom is -0.503 e. The zero-order chi connectivity index (χ0) is 34.2. The lowest BCUT2D eigenvalue weighted by Crippen LogP contribution is -2.53. The number of primary amides is 1. The summed E-state index contributed by atoms with van der Waals surface area (Å²) in [6.07, 6.45) is 1.79. The second-order valence-corrected chi connectivity index (χ2v) is 13.1. The number of nitrogens with zero attached hydrogens (tertiary/aromatic N) is 2. The molecule has 0 aromatic heterocycles. The van der Waals surface area contributed by atoms with Gasteiger partial charge in [0.05, 0.1) is 41.0 Å². The van der Waals surface area contributed by atoms with Gasteiger partial charge in [-0.1, -0.05) is 47.0 Å². The number of urea groups is 1. The smallest absolute Gasteiger partial charge is 0.328 e. The predicted octanol–water partition coefficient (Wildman–Crippen LogP) is 4.91. The van der Waals surface area contributed by atoms with Crippen LogP contribution in [0.15, 0.2) is 72.3 Å². The number of amides is 6. The molecule has 0 radical (unpaired) electrons. The first-order chi connectivity index (χ1) is 22.9. The number of phenols is 1. The molecular weight excluding hydrogens is 666 g/mol. The fourth-order valence-corrected chi connectivity index (χ4v) is 8.51. The lowest BCUT2D eigenvalue weighted by molar-refractivity contribution is -0.139. The molecule has 2 saturated heterocycles. The van der Waals surface area contributed by atoms with E-state index in [9.17, 15) is 28.7 Å². The SMILES string of the molecule is COc1cc(C2C3=CCC4C(=O)N(C(N)=O)C(=O)C4C3CC3C(=O)N(Nc4ccc(F)cc4)C(=O)C32c2ccc(Cl)cc2)cc(Cl)c1O. The van der Waals surface area contributed by atoms with Crippen molar-refractivity contribution in [3.05, 3.63) is 99.3 Å². The first-order valence-corrected chi connectivity index (χ1v) is 15.8. The normalized spacial score (nSPS) is 27.8. The fraction of sp³-hybridized carbons (Fsp3) is 0.265. The molecule has 1 saturated carbocycles. The van der Waals surface area contributed by atoms with Gasteiger partial charge in [0.1, 0.15) is 5.82 Å². The van der Waals surface area contributed by atoms with E-state index in [2.05, 4.69) is 5.43 Å². The molecule has 3 fully saturated rings. The number of carbonyl (C=O) groups excluding carboxylic acids is 5. The molecule has 246 valence electrons. The van der Waals surface area contributed by atoms with Crippen molar-refractivity contribution < 1.29 is 38.2 Å². The van der Waals surface area contributed by atoms with Crippen molar-refractivity contribution in [1.82, 2.24) is 9.91 Å². The zero-order valence-electron chi connectivity index (χ0n) is 25.2. The van der Waals surface area contributed by atoms with Crippen molar-refractivity contribution in [3.8, 4) is 11.5 Å². The first-order valence-electron chi connectivity index (χ1n) is 15.0. The maximum atomic E-state index is 15.1. The van der Waals surface area contributed by atoms with E-state index < -0.39 is 70.5 Å². The van der Waals surface area contributed by atoms with Crippen LogP contribution >= 0.6 is 23.2 Å². The highest BCUT2D eigenvalue weighted by molar-refractivity contribution is 6.32. The summed E-state index contributed by atoms with van der Waals surface area (Å²) in [6, 6.07) is 13.4. The van der Waals surface area contributed by atoms with Crippen LogP contribution in [-0.4, -0.2) is 51.8 Å². The van der Waals surface area contributed by atoms with Gasteiger partial charge in [-0.05, 0) is 78.4 Å². The number of phenolic OH excluding ortho intramolecular Hbond substituents is 1. The van der Waals surface area contributed by atoms with Crippen molar-refractivity contribution in [2.75, 3.05) is 12.5 Å². The van der Waals surface area contributed by atoms with E-state index >= 15 is 4.79 Å². The standard InChI is InChI=1S/C34H27Cl2FN4O7/c1-48-25-13-15(12-24(36)28(25)42)27-20-10-11-21-26(31(45)40(29(21)43)33(38)47)22(20)14-23-30(44)41(39-19-8-6-18(37)7-9-19)32(46)34(23,27)16-2-4-17(35)5-3-16/h2-10,12-13,21-23,26-27,39,42H,11,14H2,1H3,(H2,38,47). The van der Waals surface area contributed by atoms with E-state index in [1.807, 2.05) is 0 Å². The Morgan fingerprint density at radius 2 is 1.69 bits per heavy atom. The fourth-order valence-electron chi connectivity index (χ4n) is 8.16. The molecule has 11 nitrogen and oxygen atoms in total. The number of rotatable bonds is 5. The average molecular weight is 694 g/mol. The molecule has 6 amide bonds. The van der Waals surface area contributed by atoms with Crippen LogP contribution in [0, 0.1) is 29.5 Å². The van der Waals surface area contributed by atoms with Crippen molar-refractivity contribution >= 4 is 58.5 Å². The highest BCUT2D eigenvalue weighted by Gasteiger charge is 2.70. The molecular formula is C34H27Cl2FN4O7. The van der Waals surface area contributed by atoms with Crippen LogP contribution < -0.4 is 15.9 Å². The van der Waals surface area contributed by atoms with Gasteiger partial charge in [-0.25, -0.2) is 9.18 Å². The quantitative estimate of drug-likeness (QED) is 0.251. The number of methoxy groups -OCH3 is 1. The van der Waals surface area contributed by atoms with Crippen LogP contribution in [-0.2, 0) is 24.6 Å². The van der Waals surface area contributed by atoms with E-state index in [-0.39, 0.29) is 35.1 Å². The molecule has 6 atom stereocenters. The number of hydrogen-bond acceptors (Lipinski definition) is 8. The number of anilines is 1. The molecule has 48 heavy (non-hydrogen) atoms. The van der Waals surface area contributed by atoms with Gasteiger partial charge in [0.25, 0.3) is 11.8 Å². The van der Waals surface area contributed by atoms with Crippen LogP contribution in [0.5, 0.6) is 11.5 Å². The Kier molecular flexibility index (Phi) is 7.48. The number of allylic oxidation sites excluding steroid dienone is 2. The third-order valence-electron chi connectivity index (χ3n) is 10.1. The molecule has 6 unspecified atom stereocenters. The summed E-state index contributed by atoms with van der Waals surface area (Å²) < 4.78 is 19.2. The molecule has 0 bridgehead atoms. The molecule has 0 spiro atoms. The zero-order valence-corrected chi connectivity index (χ0v) is 26.7. The summed E-state index contributed by atoms with van der Waals surface area (Å²) in [4.78, 5) is 69.3. The third kappa shape index (κ3) is 4.42. The van der Waals surface area contributed by atoms with E-state index in [0.29, 0.717) is 26.6 Å². The van der Waals surface area contributed by atoms with Crippen LogP contribution in [0.4, 0.5) is 14.9 Å². The number of fused-ring (bicyclic) bond motifs is 4. The Morgan fingerprint density at radius 1 is 1.00 bits per heavy atom. The monoisotopic (exact) mass is 692 g/mol. The lowest BCUT2D eigenvalue weighted by Gasteiger charge is -2.50. The Labute approximate surface area is 283 Å². The number of ether oxygens (including phenoxy) is 1. The molecule has 3 aromatic rings. The molecule has 14 heteroatoms. The minimum atomic E-state index is -1.68. The Hall–Kier alpha value is -4.94. The Morgan fingerprint density at radius 3 is 2.33 bits per heavy atom. The number of nitrogens with two attached hydrogens (primary N) is 1. The summed E-state index contributed by atoms with van der Waals surface area (Å²) in [5.74, 6) is -8.48. The first kappa shape index (κ1) is 31.6. The summed E-state index contributed by atoms with van der Waals surface area (Å²) >= 11 is 12.8. The summed E-state index contributed by atoms with van der Waals surface area (Å²) in [6.45, 7) is 0. The van der Waals surface area contributed by atoms with Crippen LogP contribution in [0.1, 0.15) is 29.9 Å². The van der Waals surface area contributed by atoms with Gasteiger partial charge in [0, 0.05) is 10.9 Å². The number of nitrogens with one attached hydrogen (secondary N) is 1. The number of benzene rings is 3. The number of halogens is 3. The van der Waals surface area contributed by atoms with Gasteiger partial charge < -0.3 is 15.6 Å². The van der Waals surface area contributed by atoms with Gasteiger partial charge in [-0.15, -0.1) is 0 Å². The second-order valence-electron chi connectivity index (χ2n) is 12.3. The van der Waals surface area contributed by atoms with E-state index in [1.165, 1.54) is 43.5 Å².